The molecule has 0 saturated carbocycles. The number of aliphatic imine (C=N–C) groups is 1. The fourth-order valence-corrected chi connectivity index (χ4v) is 1.79. The first-order chi connectivity index (χ1) is 7.17. The number of amides is 1. The molecular formula is C11H20N2O2. The van der Waals surface area contributed by atoms with Gasteiger partial charge in [-0.1, -0.05) is 20.3 Å². The number of hydrogen-bond donors (Lipinski definition) is 1. The standard InChI is InChI=1S/C11H20N2O2/c1-3-5-8-6-10(15-7-8)13-9(4-2)11(12)14/h8-9H,3-7H2,1-2H3,(H2,12,14)/t8-,9?/m1/s1. The Bertz CT molecular complexity index is 251. The molecule has 1 fully saturated rings. The van der Waals surface area contributed by atoms with Gasteiger partial charge in [-0.25, -0.2) is 4.99 Å². The van der Waals surface area contributed by atoms with E-state index in [2.05, 4.69) is 11.9 Å². The molecule has 1 unspecified atom stereocenters. The second-order valence-electron chi connectivity index (χ2n) is 4.02. The molecular weight excluding hydrogens is 192 g/mol. The molecule has 86 valence electrons. The van der Waals surface area contributed by atoms with Gasteiger partial charge < -0.3 is 10.5 Å². The van der Waals surface area contributed by atoms with Crippen molar-refractivity contribution in [2.24, 2.45) is 16.6 Å². The van der Waals surface area contributed by atoms with E-state index in [9.17, 15) is 4.79 Å². The van der Waals surface area contributed by atoms with Crippen LogP contribution < -0.4 is 5.73 Å². The zero-order valence-corrected chi connectivity index (χ0v) is 9.53. The van der Waals surface area contributed by atoms with Gasteiger partial charge in [0.1, 0.15) is 6.04 Å². The average Bonchev–Trinajstić information content (AvgIpc) is 2.62. The van der Waals surface area contributed by atoms with Gasteiger partial charge >= 0.3 is 0 Å². The van der Waals surface area contributed by atoms with Crippen molar-refractivity contribution in [2.75, 3.05) is 6.61 Å². The van der Waals surface area contributed by atoms with Crippen molar-refractivity contribution >= 4 is 11.8 Å². The van der Waals surface area contributed by atoms with Crippen molar-refractivity contribution < 1.29 is 9.53 Å². The van der Waals surface area contributed by atoms with Crippen LogP contribution in [0.25, 0.3) is 0 Å². The third-order valence-electron chi connectivity index (χ3n) is 2.66. The fraction of sp³-hybridized carbons (Fsp3) is 0.818. The lowest BCUT2D eigenvalue weighted by atomic mass is 10.0. The summed E-state index contributed by atoms with van der Waals surface area (Å²) in [6.07, 6.45) is 3.82. The molecule has 0 radical (unpaired) electrons. The molecule has 1 aliphatic rings. The summed E-state index contributed by atoms with van der Waals surface area (Å²) in [7, 11) is 0. The molecule has 1 saturated heterocycles. The lowest BCUT2D eigenvalue weighted by Crippen LogP contribution is -2.27. The van der Waals surface area contributed by atoms with Crippen LogP contribution in [0.5, 0.6) is 0 Å². The van der Waals surface area contributed by atoms with Gasteiger partial charge in [0.2, 0.25) is 5.91 Å². The Morgan fingerprint density at radius 3 is 2.93 bits per heavy atom. The van der Waals surface area contributed by atoms with Crippen molar-refractivity contribution in [3.8, 4) is 0 Å². The molecule has 1 amide bonds. The molecule has 4 heteroatoms. The minimum absolute atomic E-state index is 0.368. The number of hydrogen-bond acceptors (Lipinski definition) is 3. The Labute approximate surface area is 90.9 Å². The van der Waals surface area contributed by atoms with Gasteiger partial charge in [-0.3, -0.25) is 4.79 Å². The zero-order chi connectivity index (χ0) is 11.3. The van der Waals surface area contributed by atoms with E-state index in [4.69, 9.17) is 10.5 Å². The van der Waals surface area contributed by atoms with E-state index in [-0.39, 0.29) is 5.91 Å². The van der Waals surface area contributed by atoms with Crippen LogP contribution in [0.2, 0.25) is 0 Å². The average molecular weight is 212 g/mol. The fourth-order valence-electron chi connectivity index (χ4n) is 1.79. The first-order valence-electron chi connectivity index (χ1n) is 5.66. The first-order valence-corrected chi connectivity index (χ1v) is 5.66. The maximum Gasteiger partial charge on any atom is 0.242 e. The first kappa shape index (κ1) is 12.0. The quantitative estimate of drug-likeness (QED) is 0.750. The lowest BCUT2D eigenvalue weighted by Gasteiger charge is -2.05. The van der Waals surface area contributed by atoms with Gasteiger partial charge in [0, 0.05) is 12.3 Å². The van der Waals surface area contributed by atoms with Gasteiger partial charge in [0.25, 0.3) is 0 Å². The zero-order valence-electron chi connectivity index (χ0n) is 9.53. The second-order valence-corrected chi connectivity index (χ2v) is 4.02. The number of primary amides is 1. The van der Waals surface area contributed by atoms with Crippen molar-refractivity contribution in [2.45, 2.75) is 45.6 Å². The maximum absolute atomic E-state index is 11.0. The topological polar surface area (TPSA) is 64.7 Å². The molecule has 0 aromatic carbocycles. The highest BCUT2D eigenvalue weighted by atomic mass is 16.5. The van der Waals surface area contributed by atoms with Crippen molar-refractivity contribution in [3.05, 3.63) is 0 Å². The van der Waals surface area contributed by atoms with Crippen LogP contribution >= 0.6 is 0 Å². The molecule has 0 bridgehead atoms. The third-order valence-corrected chi connectivity index (χ3v) is 2.66. The van der Waals surface area contributed by atoms with Crippen LogP contribution in [0.3, 0.4) is 0 Å². The molecule has 1 aliphatic heterocycles. The summed E-state index contributed by atoms with van der Waals surface area (Å²) in [4.78, 5) is 15.2. The Hall–Kier alpha value is -1.06. The maximum atomic E-state index is 11.0. The Kier molecular flexibility index (Phi) is 4.59. The molecule has 0 aromatic rings. The monoisotopic (exact) mass is 212 g/mol. The summed E-state index contributed by atoms with van der Waals surface area (Å²) in [5.74, 6) is 0.908. The van der Waals surface area contributed by atoms with Gasteiger partial charge in [-0.2, -0.15) is 0 Å². The molecule has 1 heterocycles. The van der Waals surface area contributed by atoms with Crippen LogP contribution in [0, 0.1) is 5.92 Å². The van der Waals surface area contributed by atoms with E-state index in [1.54, 1.807) is 0 Å². The molecule has 4 nitrogen and oxygen atoms in total. The smallest absolute Gasteiger partial charge is 0.242 e. The Morgan fingerprint density at radius 1 is 1.67 bits per heavy atom. The Balaban J connectivity index is 2.50. The SMILES string of the molecule is CCC[C@H]1COC(=NC(CC)C(N)=O)C1. The predicted octanol–water partition coefficient (Wildman–Crippen LogP) is 1.49. The van der Waals surface area contributed by atoms with Gasteiger partial charge in [0.05, 0.1) is 6.61 Å². The van der Waals surface area contributed by atoms with E-state index >= 15 is 0 Å². The van der Waals surface area contributed by atoms with E-state index in [0.717, 1.165) is 25.9 Å². The summed E-state index contributed by atoms with van der Waals surface area (Å²) in [5, 5.41) is 0. The molecule has 2 atom stereocenters. The van der Waals surface area contributed by atoms with Crippen LogP contribution in [0.1, 0.15) is 39.5 Å². The Morgan fingerprint density at radius 2 is 2.40 bits per heavy atom. The summed E-state index contributed by atoms with van der Waals surface area (Å²) < 4.78 is 5.44. The summed E-state index contributed by atoms with van der Waals surface area (Å²) >= 11 is 0. The van der Waals surface area contributed by atoms with E-state index < -0.39 is 6.04 Å². The lowest BCUT2D eigenvalue weighted by molar-refractivity contribution is -0.119. The molecule has 15 heavy (non-hydrogen) atoms. The van der Waals surface area contributed by atoms with E-state index in [1.807, 2.05) is 6.92 Å². The molecule has 0 spiro atoms. The second kappa shape index (κ2) is 5.73. The number of nitrogens with two attached hydrogens (primary N) is 1. The number of carbonyl (C=O) groups excluding carboxylic acids is 1. The van der Waals surface area contributed by atoms with Crippen molar-refractivity contribution in [3.63, 3.8) is 0 Å². The molecule has 0 aliphatic carbocycles. The summed E-state index contributed by atoms with van der Waals surface area (Å²) in [6.45, 7) is 4.80. The highest BCUT2D eigenvalue weighted by Gasteiger charge is 2.23. The van der Waals surface area contributed by atoms with Crippen LogP contribution in [-0.4, -0.2) is 24.5 Å². The summed E-state index contributed by atoms with van der Waals surface area (Å²) in [5.41, 5.74) is 5.22. The van der Waals surface area contributed by atoms with Gasteiger partial charge in [-0.05, 0) is 12.8 Å². The highest BCUT2D eigenvalue weighted by molar-refractivity contribution is 5.85. The van der Waals surface area contributed by atoms with Crippen molar-refractivity contribution in [1.29, 1.82) is 0 Å². The van der Waals surface area contributed by atoms with Crippen LogP contribution in [-0.2, 0) is 9.53 Å². The summed E-state index contributed by atoms with van der Waals surface area (Å²) in [6, 6.07) is -0.416. The van der Waals surface area contributed by atoms with E-state index in [1.165, 1.54) is 0 Å². The van der Waals surface area contributed by atoms with Crippen molar-refractivity contribution in [1.82, 2.24) is 0 Å². The normalized spacial score (nSPS) is 25.2. The third kappa shape index (κ3) is 3.53. The van der Waals surface area contributed by atoms with Gasteiger partial charge in [-0.15, -0.1) is 0 Å². The van der Waals surface area contributed by atoms with Crippen LogP contribution in [0.4, 0.5) is 0 Å². The minimum Gasteiger partial charge on any atom is -0.481 e. The number of carbonyl (C=O) groups is 1. The van der Waals surface area contributed by atoms with Crippen LogP contribution in [0.15, 0.2) is 4.99 Å². The predicted molar refractivity (Wildman–Crippen MR) is 59.7 cm³/mol. The largest absolute Gasteiger partial charge is 0.481 e. The van der Waals surface area contributed by atoms with E-state index in [0.29, 0.717) is 18.2 Å². The molecule has 2 N–H and O–H groups in total. The highest BCUT2D eigenvalue weighted by Crippen LogP contribution is 2.20. The molecule has 1 rings (SSSR count). The number of ether oxygens (including phenoxy) is 1. The number of rotatable bonds is 5. The minimum atomic E-state index is -0.416. The number of nitrogens with zero attached hydrogens (tertiary/aromatic N) is 1. The van der Waals surface area contributed by atoms with Gasteiger partial charge in [0.15, 0.2) is 5.90 Å². The molecule has 0 aromatic heterocycles.